The summed E-state index contributed by atoms with van der Waals surface area (Å²) in [5.74, 6) is 1.61. The highest BCUT2D eigenvalue weighted by atomic mass is 15.1. The third-order valence-corrected chi connectivity index (χ3v) is 5.56. The molecule has 1 fully saturated rings. The molecule has 2 aliphatic carbocycles. The van der Waals surface area contributed by atoms with Gasteiger partial charge in [0.25, 0.3) is 0 Å². The second-order valence-electron chi connectivity index (χ2n) is 7.92. The van der Waals surface area contributed by atoms with E-state index < -0.39 is 0 Å². The van der Waals surface area contributed by atoms with Crippen LogP contribution in [0.3, 0.4) is 0 Å². The van der Waals surface area contributed by atoms with E-state index in [-0.39, 0.29) is 5.54 Å². The minimum absolute atomic E-state index is 0.202. The first-order chi connectivity index (χ1) is 9.44. The first-order valence-corrected chi connectivity index (χ1v) is 8.31. The van der Waals surface area contributed by atoms with E-state index in [1.165, 1.54) is 32.1 Å². The molecular weight excluding hydrogens is 242 g/mol. The molecule has 0 heterocycles. The molecule has 1 aromatic rings. The van der Waals surface area contributed by atoms with Gasteiger partial charge in [0.05, 0.1) is 0 Å². The molecule has 1 N–H and O–H groups in total. The average molecular weight is 271 g/mol. The van der Waals surface area contributed by atoms with Crippen LogP contribution in [-0.2, 0) is 12.8 Å². The molecule has 0 aliphatic heterocycles. The summed E-state index contributed by atoms with van der Waals surface area (Å²) >= 11 is 0. The lowest BCUT2D eigenvalue weighted by Crippen LogP contribution is -2.59. The third kappa shape index (κ3) is 2.30. The van der Waals surface area contributed by atoms with Gasteiger partial charge in [-0.3, -0.25) is 0 Å². The molecule has 1 nitrogen and oxygen atoms in total. The maximum Gasteiger partial charge on any atom is 0.0246 e. The molecule has 2 aliphatic rings. The monoisotopic (exact) mass is 271 g/mol. The van der Waals surface area contributed by atoms with Gasteiger partial charge in [0.1, 0.15) is 0 Å². The first-order valence-electron chi connectivity index (χ1n) is 8.31. The average Bonchev–Trinajstić information content (AvgIpc) is 2.60. The molecule has 110 valence electrons. The number of rotatable bonds is 2. The molecule has 0 spiro atoms. The standard InChI is InChI=1S/C19H29N/c1-5-19(20-18(2,3)4)16-10-11-17(19)13-15-9-7-6-8-14(15)12-16/h6-9,16-17,20H,5,10-13H2,1-4H3/t16-,17+,19?. The Kier molecular flexibility index (Phi) is 3.44. The highest BCUT2D eigenvalue weighted by Gasteiger charge is 2.51. The molecule has 0 amide bonds. The number of hydrogen-bond acceptors (Lipinski definition) is 1. The van der Waals surface area contributed by atoms with Crippen LogP contribution >= 0.6 is 0 Å². The lowest BCUT2D eigenvalue weighted by molar-refractivity contribution is 0.135. The summed E-state index contributed by atoms with van der Waals surface area (Å²) in [5.41, 5.74) is 3.76. The number of fused-ring (bicyclic) bond motifs is 3. The van der Waals surface area contributed by atoms with E-state index in [9.17, 15) is 0 Å². The lowest BCUT2D eigenvalue weighted by Gasteiger charge is -2.45. The van der Waals surface area contributed by atoms with Gasteiger partial charge in [0.15, 0.2) is 0 Å². The summed E-state index contributed by atoms with van der Waals surface area (Å²) in [6.07, 6.45) is 6.59. The Labute approximate surface area is 124 Å². The maximum atomic E-state index is 4.06. The van der Waals surface area contributed by atoms with Gasteiger partial charge >= 0.3 is 0 Å². The Bertz CT molecular complexity index is 450. The quantitative estimate of drug-likeness (QED) is 0.843. The van der Waals surface area contributed by atoms with Crippen LogP contribution in [0, 0.1) is 11.8 Å². The van der Waals surface area contributed by atoms with Crippen molar-refractivity contribution in [1.82, 2.24) is 5.32 Å². The zero-order chi connectivity index (χ0) is 14.4. The molecule has 2 bridgehead atoms. The van der Waals surface area contributed by atoms with Gasteiger partial charge in [-0.1, -0.05) is 31.2 Å². The van der Waals surface area contributed by atoms with E-state index >= 15 is 0 Å². The van der Waals surface area contributed by atoms with Crippen molar-refractivity contribution in [3.63, 3.8) is 0 Å². The summed E-state index contributed by atoms with van der Waals surface area (Å²) in [5, 5.41) is 4.06. The zero-order valence-electron chi connectivity index (χ0n) is 13.5. The van der Waals surface area contributed by atoms with Crippen molar-refractivity contribution in [2.75, 3.05) is 0 Å². The van der Waals surface area contributed by atoms with Gasteiger partial charge in [-0.25, -0.2) is 0 Å². The minimum atomic E-state index is 0.202. The highest BCUT2D eigenvalue weighted by molar-refractivity contribution is 5.32. The van der Waals surface area contributed by atoms with Gasteiger partial charge in [-0.15, -0.1) is 0 Å². The fourth-order valence-electron chi connectivity index (χ4n) is 4.87. The lowest BCUT2D eigenvalue weighted by atomic mass is 9.75. The molecule has 1 heteroatoms. The van der Waals surface area contributed by atoms with E-state index in [0.717, 1.165) is 11.8 Å². The second kappa shape index (κ2) is 4.87. The summed E-state index contributed by atoms with van der Waals surface area (Å²) in [6, 6.07) is 9.13. The molecule has 3 rings (SSSR count). The first kappa shape index (κ1) is 14.1. The number of benzene rings is 1. The summed E-state index contributed by atoms with van der Waals surface area (Å²) in [4.78, 5) is 0. The van der Waals surface area contributed by atoms with E-state index in [1.54, 1.807) is 11.1 Å². The molecule has 1 aromatic carbocycles. The van der Waals surface area contributed by atoms with Gasteiger partial charge < -0.3 is 5.32 Å². The Morgan fingerprint density at radius 2 is 1.55 bits per heavy atom. The van der Waals surface area contributed by atoms with Crippen LogP contribution in [0.5, 0.6) is 0 Å². The zero-order valence-corrected chi connectivity index (χ0v) is 13.5. The predicted octanol–water partition coefficient (Wildman–Crippen LogP) is 4.35. The van der Waals surface area contributed by atoms with E-state index in [0.29, 0.717) is 5.54 Å². The van der Waals surface area contributed by atoms with Crippen molar-refractivity contribution in [3.05, 3.63) is 35.4 Å². The van der Waals surface area contributed by atoms with Crippen LogP contribution in [0.2, 0.25) is 0 Å². The van der Waals surface area contributed by atoms with Crippen molar-refractivity contribution in [2.45, 2.75) is 70.9 Å². The molecule has 20 heavy (non-hydrogen) atoms. The summed E-state index contributed by atoms with van der Waals surface area (Å²) in [6.45, 7) is 9.35. The van der Waals surface area contributed by atoms with Crippen LogP contribution in [0.25, 0.3) is 0 Å². The fourth-order valence-corrected chi connectivity index (χ4v) is 4.87. The van der Waals surface area contributed by atoms with E-state index in [2.05, 4.69) is 57.3 Å². The Balaban J connectivity index is 1.98. The van der Waals surface area contributed by atoms with Crippen molar-refractivity contribution in [1.29, 1.82) is 0 Å². The van der Waals surface area contributed by atoms with Crippen LogP contribution in [0.1, 0.15) is 58.1 Å². The molecule has 1 unspecified atom stereocenters. The normalized spacial score (nSPS) is 32.8. The van der Waals surface area contributed by atoms with Crippen molar-refractivity contribution in [3.8, 4) is 0 Å². The van der Waals surface area contributed by atoms with E-state index in [4.69, 9.17) is 0 Å². The largest absolute Gasteiger partial charge is 0.306 e. The topological polar surface area (TPSA) is 12.0 Å². The van der Waals surface area contributed by atoms with Crippen LogP contribution in [-0.4, -0.2) is 11.1 Å². The smallest absolute Gasteiger partial charge is 0.0246 e. The van der Waals surface area contributed by atoms with Crippen molar-refractivity contribution in [2.24, 2.45) is 11.8 Å². The van der Waals surface area contributed by atoms with Crippen molar-refractivity contribution >= 4 is 0 Å². The fraction of sp³-hybridized carbons (Fsp3) is 0.684. The van der Waals surface area contributed by atoms with Crippen molar-refractivity contribution < 1.29 is 0 Å². The number of nitrogens with one attached hydrogen (secondary N) is 1. The highest BCUT2D eigenvalue weighted by Crippen LogP contribution is 2.49. The molecule has 3 atom stereocenters. The van der Waals surface area contributed by atoms with Crippen LogP contribution in [0.4, 0.5) is 0 Å². The maximum absolute atomic E-state index is 4.06. The van der Waals surface area contributed by atoms with Crippen LogP contribution < -0.4 is 5.32 Å². The molecular formula is C19H29N. The van der Waals surface area contributed by atoms with Gasteiger partial charge in [0.2, 0.25) is 0 Å². The summed E-state index contributed by atoms with van der Waals surface area (Å²) < 4.78 is 0. The van der Waals surface area contributed by atoms with Gasteiger partial charge in [-0.05, 0) is 75.8 Å². The SMILES string of the molecule is CCC1(NC(C)(C)C)[C@@H]2CC[C@H]1Cc1ccccc1C2. The summed E-state index contributed by atoms with van der Waals surface area (Å²) in [7, 11) is 0. The van der Waals surface area contributed by atoms with Crippen LogP contribution in [0.15, 0.2) is 24.3 Å². The predicted molar refractivity (Wildman–Crippen MR) is 86.0 cm³/mol. The Morgan fingerprint density at radius 3 is 1.95 bits per heavy atom. The Morgan fingerprint density at radius 1 is 1.05 bits per heavy atom. The number of hydrogen-bond donors (Lipinski definition) is 1. The molecule has 0 aromatic heterocycles. The molecule has 0 radical (unpaired) electrons. The van der Waals surface area contributed by atoms with E-state index in [1.807, 2.05) is 0 Å². The Hall–Kier alpha value is -0.820. The third-order valence-electron chi connectivity index (χ3n) is 5.56. The van der Waals surface area contributed by atoms with Gasteiger partial charge in [0, 0.05) is 11.1 Å². The minimum Gasteiger partial charge on any atom is -0.306 e. The molecule has 0 saturated heterocycles. The molecule has 1 saturated carbocycles. The van der Waals surface area contributed by atoms with Gasteiger partial charge in [-0.2, -0.15) is 0 Å². The second-order valence-corrected chi connectivity index (χ2v) is 7.92.